The van der Waals surface area contributed by atoms with Crippen molar-refractivity contribution in [3.63, 3.8) is 0 Å². The molecule has 3 aromatic rings. The summed E-state index contributed by atoms with van der Waals surface area (Å²) in [6.45, 7) is 0.513. The van der Waals surface area contributed by atoms with Crippen LogP contribution in [0.1, 0.15) is 106 Å². The number of aromatic nitrogens is 4. The monoisotopic (exact) mass is 563 g/mol. The first kappa shape index (κ1) is 25.5. The number of rotatable bonds is 8. The molecule has 2 aromatic heterocycles. The van der Waals surface area contributed by atoms with Crippen molar-refractivity contribution in [2.75, 3.05) is 11.4 Å². The largest absolute Gasteiger partial charge is 0.339 e. The SMILES string of the molecule is O=C(C1CC(F)(F)C1)N(CC1CCC2(c3nc(C4CC4)no3)CCC1CC2)c1cccc(-c2nc(C3CC3)no2)c1. The number of hydrogen-bond donors (Lipinski definition) is 0. The zero-order valence-electron chi connectivity index (χ0n) is 23.1. The topological polar surface area (TPSA) is 98.2 Å². The van der Waals surface area contributed by atoms with E-state index in [4.69, 9.17) is 14.0 Å². The number of anilines is 1. The van der Waals surface area contributed by atoms with E-state index in [9.17, 15) is 13.6 Å². The molecule has 10 heteroatoms. The Morgan fingerprint density at radius 3 is 2.29 bits per heavy atom. The van der Waals surface area contributed by atoms with Gasteiger partial charge >= 0.3 is 0 Å². The molecule has 6 aliphatic carbocycles. The lowest BCUT2D eigenvalue weighted by molar-refractivity contribution is -0.147. The molecule has 1 amide bonds. The van der Waals surface area contributed by atoms with Crippen LogP contribution in [-0.4, -0.2) is 38.7 Å². The van der Waals surface area contributed by atoms with Crippen LogP contribution in [0.25, 0.3) is 11.5 Å². The highest BCUT2D eigenvalue weighted by Crippen LogP contribution is 2.52. The van der Waals surface area contributed by atoms with Crippen molar-refractivity contribution < 1.29 is 22.6 Å². The van der Waals surface area contributed by atoms with Crippen molar-refractivity contribution in [2.45, 2.75) is 100 Å². The summed E-state index contributed by atoms with van der Waals surface area (Å²) in [5.41, 5.74) is 1.35. The minimum absolute atomic E-state index is 0.0899. The fourth-order valence-electron chi connectivity index (χ4n) is 7.41. The quantitative estimate of drug-likeness (QED) is 0.298. The first-order chi connectivity index (χ1) is 19.9. The Kier molecular flexibility index (Phi) is 5.87. The molecule has 2 heterocycles. The molecule has 6 saturated carbocycles. The number of amides is 1. The summed E-state index contributed by atoms with van der Waals surface area (Å²) in [6.07, 6.45) is 9.66. The van der Waals surface area contributed by atoms with Gasteiger partial charge in [0.2, 0.25) is 17.7 Å². The molecule has 6 aliphatic rings. The molecule has 1 unspecified atom stereocenters. The number of fused-ring (bicyclic) bond motifs is 4. The third kappa shape index (κ3) is 4.77. The molecule has 41 heavy (non-hydrogen) atoms. The number of carbonyl (C=O) groups excluding carboxylic acids is 1. The summed E-state index contributed by atoms with van der Waals surface area (Å²) < 4.78 is 39.1. The third-order valence-electron chi connectivity index (χ3n) is 10.4. The van der Waals surface area contributed by atoms with Gasteiger partial charge in [0.25, 0.3) is 5.89 Å². The van der Waals surface area contributed by atoms with Crippen LogP contribution in [0.2, 0.25) is 0 Å². The lowest BCUT2D eigenvalue weighted by atomic mass is 9.70. The molecule has 0 radical (unpaired) electrons. The van der Waals surface area contributed by atoms with Crippen LogP contribution in [-0.2, 0) is 10.2 Å². The maximum absolute atomic E-state index is 13.8. The van der Waals surface area contributed by atoms with Gasteiger partial charge in [0.15, 0.2) is 11.6 Å². The normalized spacial score (nSPS) is 29.2. The number of alkyl halides is 2. The first-order valence-corrected chi connectivity index (χ1v) is 15.3. The van der Waals surface area contributed by atoms with Crippen molar-refractivity contribution in [3.05, 3.63) is 41.8 Å². The third-order valence-corrected chi connectivity index (χ3v) is 10.4. The maximum Gasteiger partial charge on any atom is 0.258 e. The Morgan fingerprint density at radius 2 is 1.59 bits per heavy atom. The minimum Gasteiger partial charge on any atom is -0.339 e. The van der Waals surface area contributed by atoms with Gasteiger partial charge in [-0.3, -0.25) is 4.79 Å². The van der Waals surface area contributed by atoms with E-state index < -0.39 is 11.8 Å². The van der Waals surface area contributed by atoms with E-state index in [1.807, 2.05) is 24.3 Å². The molecule has 6 fully saturated rings. The summed E-state index contributed by atoms with van der Waals surface area (Å²) in [5, 5.41) is 8.44. The lowest BCUT2D eigenvalue weighted by Gasteiger charge is -2.39. The fourth-order valence-corrected chi connectivity index (χ4v) is 7.41. The molecule has 0 aliphatic heterocycles. The molecular weight excluding hydrogens is 528 g/mol. The molecule has 9 rings (SSSR count). The van der Waals surface area contributed by atoms with Crippen LogP contribution in [0.5, 0.6) is 0 Å². The molecule has 8 nitrogen and oxygen atoms in total. The van der Waals surface area contributed by atoms with E-state index in [0.29, 0.717) is 35.9 Å². The van der Waals surface area contributed by atoms with Crippen molar-refractivity contribution in [2.24, 2.45) is 17.8 Å². The maximum atomic E-state index is 13.8. The summed E-state index contributed by atoms with van der Waals surface area (Å²) in [7, 11) is 0. The van der Waals surface area contributed by atoms with Crippen LogP contribution in [0.15, 0.2) is 33.3 Å². The van der Waals surface area contributed by atoms with Gasteiger partial charge < -0.3 is 13.9 Å². The number of hydrogen-bond acceptors (Lipinski definition) is 7. The van der Waals surface area contributed by atoms with Crippen molar-refractivity contribution in [3.8, 4) is 11.5 Å². The summed E-state index contributed by atoms with van der Waals surface area (Å²) >= 11 is 0. The van der Waals surface area contributed by atoms with Crippen LogP contribution >= 0.6 is 0 Å². The molecule has 1 aromatic carbocycles. The number of carbonyl (C=O) groups is 1. The number of benzene rings is 1. The van der Waals surface area contributed by atoms with Crippen LogP contribution < -0.4 is 4.90 Å². The van der Waals surface area contributed by atoms with E-state index >= 15 is 0 Å². The lowest BCUT2D eigenvalue weighted by Crippen LogP contribution is -2.48. The van der Waals surface area contributed by atoms with E-state index in [1.54, 1.807) is 4.90 Å². The van der Waals surface area contributed by atoms with Gasteiger partial charge in [0, 0.05) is 53.8 Å². The van der Waals surface area contributed by atoms with E-state index in [0.717, 1.165) is 87.3 Å². The van der Waals surface area contributed by atoms with Gasteiger partial charge in [-0.1, -0.05) is 16.4 Å². The van der Waals surface area contributed by atoms with E-state index in [1.165, 1.54) is 0 Å². The molecule has 1 atom stereocenters. The first-order valence-electron chi connectivity index (χ1n) is 15.3. The number of nitrogens with zero attached hydrogens (tertiary/aromatic N) is 5. The van der Waals surface area contributed by atoms with Crippen molar-refractivity contribution in [1.29, 1.82) is 0 Å². The molecule has 0 spiro atoms. The van der Waals surface area contributed by atoms with E-state index in [2.05, 4.69) is 15.3 Å². The number of halogens is 2. The Hall–Kier alpha value is -3.17. The summed E-state index contributed by atoms with van der Waals surface area (Å²) in [4.78, 5) is 25.0. The smallest absolute Gasteiger partial charge is 0.258 e. The highest BCUT2D eigenvalue weighted by atomic mass is 19.3. The Morgan fingerprint density at radius 1 is 0.902 bits per heavy atom. The molecule has 2 bridgehead atoms. The zero-order valence-corrected chi connectivity index (χ0v) is 23.1. The predicted molar refractivity (Wildman–Crippen MR) is 144 cm³/mol. The van der Waals surface area contributed by atoms with Gasteiger partial charge in [-0.25, -0.2) is 8.78 Å². The average molecular weight is 564 g/mol. The van der Waals surface area contributed by atoms with Crippen LogP contribution in [0.3, 0.4) is 0 Å². The van der Waals surface area contributed by atoms with Crippen molar-refractivity contribution in [1.82, 2.24) is 20.3 Å². The van der Waals surface area contributed by atoms with Gasteiger partial charge in [0.1, 0.15) is 0 Å². The minimum atomic E-state index is -2.76. The van der Waals surface area contributed by atoms with Gasteiger partial charge in [-0.2, -0.15) is 9.97 Å². The Bertz CT molecular complexity index is 1450. The fraction of sp³-hybridized carbons (Fsp3) is 0.645. The molecule has 216 valence electrons. The van der Waals surface area contributed by atoms with Gasteiger partial charge in [0.05, 0.1) is 0 Å². The molecule has 0 saturated heterocycles. The van der Waals surface area contributed by atoms with Crippen LogP contribution in [0.4, 0.5) is 14.5 Å². The Balaban J connectivity index is 1.05. The molecule has 0 N–H and O–H groups in total. The van der Waals surface area contributed by atoms with Crippen molar-refractivity contribution >= 4 is 11.6 Å². The Labute approximate surface area is 237 Å². The van der Waals surface area contributed by atoms with Gasteiger partial charge in [-0.05, 0) is 94.2 Å². The summed E-state index contributed by atoms with van der Waals surface area (Å²) in [6, 6.07) is 7.56. The van der Waals surface area contributed by atoms with Gasteiger partial charge in [-0.15, -0.1) is 0 Å². The van der Waals surface area contributed by atoms with E-state index in [-0.39, 0.29) is 30.1 Å². The van der Waals surface area contributed by atoms with Crippen LogP contribution in [0, 0.1) is 17.8 Å². The second-order valence-corrected chi connectivity index (χ2v) is 13.3. The summed E-state index contributed by atoms with van der Waals surface area (Å²) in [5.74, 6) is 0.739. The predicted octanol–water partition coefficient (Wildman–Crippen LogP) is 6.79. The standard InChI is InChI=1S/C31H35F2N5O3/c32-31(33)15-23(16-31)28(39)38(24-3-1-2-21(14-24)27-34-25(36-40-27)19-4-5-19)17-22-10-13-30(11-8-18(22)9-12-30)29-35-26(37-41-29)20-6-7-20/h1-3,14,18-20,22-23H,4-13,15-17H2. The average Bonchev–Trinajstić information content (AvgIpc) is 3.91. The second kappa shape index (κ2) is 9.42. The molecular formula is C31H35F2N5O3. The highest BCUT2D eigenvalue weighted by Gasteiger charge is 2.51. The zero-order chi connectivity index (χ0) is 27.8. The second-order valence-electron chi connectivity index (χ2n) is 13.3. The highest BCUT2D eigenvalue weighted by molar-refractivity contribution is 5.96.